The van der Waals surface area contributed by atoms with Gasteiger partial charge in [-0.3, -0.25) is 14.9 Å². The molecule has 2 aromatic heterocycles. The van der Waals surface area contributed by atoms with Crippen molar-refractivity contribution in [3.05, 3.63) is 62.5 Å². The molecule has 1 aromatic carbocycles. The van der Waals surface area contributed by atoms with Crippen molar-refractivity contribution in [1.82, 2.24) is 20.0 Å². The maximum absolute atomic E-state index is 12.4. The van der Waals surface area contributed by atoms with Crippen molar-refractivity contribution in [3.63, 3.8) is 0 Å². The quantitative estimate of drug-likeness (QED) is 0.723. The Bertz CT molecular complexity index is 981. The van der Waals surface area contributed by atoms with Crippen LogP contribution in [0.15, 0.2) is 41.3 Å². The number of benzene rings is 1. The molecular formula is C17H16ClN5O2S. The molecule has 0 fully saturated rings. The summed E-state index contributed by atoms with van der Waals surface area (Å²) in [6, 6.07) is 8.18. The summed E-state index contributed by atoms with van der Waals surface area (Å²) >= 11 is 7.16. The Morgan fingerprint density at radius 2 is 1.96 bits per heavy atom. The van der Waals surface area contributed by atoms with Crippen molar-refractivity contribution in [2.45, 2.75) is 20.3 Å². The molecule has 2 heterocycles. The zero-order valence-electron chi connectivity index (χ0n) is 14.1. The first-order valence-electron chi connectivity index (χ1n) is 7.92. The minimum atomic E-state index is -0.620. The highest BCUT2D eigenvalue weighted by Gasteiger charge is 2.16. The van der Waals surface area contributed by atoms with Gasteiger partial charge in [-0.15, -0.1) is 10.2 Å². The third-order valence-electron chi connectivity index (χ3n) is 3.38. The minimum absolute atomic E-state index is 0.219. The summed E-state index contributed by atoms with van der Waals surface area (Å²) in [5.74, 6) is -0.181. The first-order valence-corrected chi connectivity index (χ1v) is 9.11. The molecule has 0 saturated carbocycles. The Balaban J connectivity index is 1.82. The van der Waals surface area contributed by atoms with Crippen molar-refractivity contribution in [2.24, 2.45) is 5.92 Å². The van der Waals surface area contributed by atoms with Gasteiger partial charge in [0.25, 0.3) is 5.91 Å². The Kier molecular flexibility index (Phi) is 5.43. The second-order valence-corrected chi connectivity index (χ2v) is 7.50. The molecule has 0 radical (unpaired) electrons. The number of aromatic nitrogens is 4. The molecule has 7 nitrogen and oxygen atoms in total. The lowest BCUT2D eigenvalue weighted by Gasteiger charge is -2.07. The third-order valence-corrected chi connectivity index (χ3v) is 4.50. The maximum Gasteiger partial charge on any atom is 0.282 e. The molecule has 0 aliphatic carbocycles. The topological polar surface area (TPSA) is 89.8 Å². The van der Waals surface area contributed by atoms with Crippen LogP contribution in [0.1, 0.15) is 29.3 Å². The molecule has 134 valence electrons. The van der Waals surface area contributed by atoms with E-state index in [0.717, 1.165) is 11.4 Å². The van der Waals surface area contributed by atoms with Gasteiger partial charge in [0.1, 0.15) is 5.01 Å². The Labute approximate surface area is 158 Å². The van der Waals surface area contributed by atoms with E-state index in [0.29, 0.717) is 21.8 Å². The summed E-state index contributed by atoms with van der Waals surface area (Å²) in [6.45, 7) is 4.15. The van der Waals surface area contributed by atoms with Gasteiger partial charge >= 0.3 is 0 Å². The SMILES string of the molecule is CC(C)Cc1nnc(NC(=O)c2nn(-c3ccc(Cl)cc3)ccc2=O)s1. The fourth-order valence-corrected chi connectivity index (χ4v) is 3.27. The predicted molar refractivity (Wildman–Crippen MR) is 101 cm³/mol. The number of carbonyl (C=O) groups is 1. The van der Waals surface area contributed by atoms with Gasteiger partial charge in [-0.05, 0) is 30.2 Å². The monoisotopic (exact) mass is 389 g/mol. The predicted octanol–water partition coefficient (Wildman–Crippen LogP) is 3.19. The van der Waals surface area contributed by atoms with Crippen molar-refractivity contribution in [1.29, 1.82) is 0 Å². The number of hydrogen-bond acceptors (Lipinski definition) is 6. The second kappa shape index (κ2) is 7.76. The van der Waals surface area contributed by atoms with Gasteiger partial charge in [-0.25, -0.2) is 4.68 Å². The molecule has 0 bridgehead atoms. The molecule has 0 unspecified atom stereocenters. The number of anilines is 1. The number of nitrogens with one attached hydrogen (secondary N) is 1. The highest BCUT2D eigenvalue weighted by molar-refractivity contribution is 7.15. The van der Waals surface area contributed by atoms with Crippen molar-refractivity contribution in [2.75, 3.05) is 5.32 Å². The Hall–Kier alpha value is -2.58. The van der Waals surface area contributed by atoms with Gasteiger partial charge in [0.2, 0.25) is 10.6 Å². The summed E-state index contributed by atoms with van der Waals surface area (Å²) in [5, 5.41) is 16.4. The average Bonchev–Trinajstić information content (AvgIpc) is 3.02. The normalized spacial score (nSPS) is 10.9. The number of halogens is 1. The van der Waals surface area contributed by atoms with Gasteiger partial charge in [-0.2, -0.15) is 5.10 Å². The number of hydrogen-bond donors (Lipinski definition) is 1. The van der Waals surface area contributed by atoms with Crippen LogP contribution in [-0.4, -0.2) is 25.9 Å². The minimum Gasteiger partial charge on any atom is -0.295 e. The summed E-state index contributed by atoms with van der Waals surface area (Å²) in [6.07, 6.45) is 2.27. The highest BCUT2D eigenvalue weighted by Crippen LogP contribution is 2.18. The zero-order chi connectivity index (χ0) is 18.7. The van der Waals surface area contributed by atoms with Crippen molar-refractivity contribution < 1.29 is 4.79 Å². The first-order chi connectivity index (χ1) is 12.4. The van der Waals surface area contributed by atoms with Crippen LogP contribution in [0.25, 0.3) is 5.69 Å². The molecule has 1 amide bonds. The van der Waals surface area contributed by atoms with Gasteiger partial charge in [0, 0.05) is 23.7 Å². The maximum atomic E-state index is 12.4. The summed E-state index contributed by atoms with van der Waals surface area (Å²) in [5.41, 5.74) is -0.0127. The molecule has 0 aliphatic heterocycles. The van der Waals surface area contributed by atoms with Crippen LogP contribution in [0, 0.1) is 5.92 Å². The fourth-order valence-electron chi connectivity index (χ4n) is 2.19. The number of amides is 1. The molecule has 26 heavy (non-hydrogen) atoms. The number of carbonyl (C=O) groups excluding carboxylic acids is 1. The van der Waals surface area contributed by atoms with E-state index in [2.05, 4.69) is 34.5 Å². The zero-order valence-corrected chi connectivity index (χ0v) is 15.7. The summed E-state index contributed by atoms with van der Waals surface area (Å²) in [7, 11) is 0. The van der Waals surface area contributed by atoms with E-state index in [1.54, 1.807) is 24.3 Å². The van der Waals surface area contributed by atoms with E-state index in [1.165, 1.54) is 28.3 Å². The Morgan fingerprint density at radius 3 is 2.65 bits per heavy atom. The lowest BCUT2D eigenvalue weighted by Crippen LogP contribution is -2.25. The van der Waals surface area contributed by atoms with Gasteiger partial charge in [-0.1, -0.05) is 36.8 Å². The number of rotatable bonds is 5. The lowest BCUT2D eigenvalue weighted by molar-refractivity contribution is 0.101. The summed E-state index contributed by atoms with van der Waals surface area (Å²) in [4.78, 5) is 24.5. The van der Waals surface area contributed by atoms with Gasteiger partial charge in [0.05, 0.1) is 5.69 Å². The van der Waals surface area contributed by atoms with Crippen molar-refractivity contribution in [3.8, 4) is 5.69 Å². The standard InChI is InChI=1S/C17H16ClN5O2S/c1-10(2)9-14-20-21-17(26-14)19-16(25)15-13(24)7-8-23(22-15)12-5-3-11(18)4-6-12/h3-8,10H,9H2,1-2H3,(H,19,21,25). The summed E-state index contributed by atoms with van der Waals surface area (Å²) < 4.78 is 1.44. The van der Waals surface area contributed by atoms with E-state index in [-0.39, 0.29) is 5.69 Å². The van der Waals surface area contributed by atoms with Crippen LogP contribution in [0.2, 0.25) is 5.02 Å². The highest BCUT2D eigenvalue weighted by atomic mass is 35.5. The smallest absolute Gasteiger partial charge is 0.282 e. The molecular weight excluding hydrogens is 374 g/mol. The van der Waals surface area contributed by atoms with E-state index in [4.69, 9.17) is 11.6 Å². The molecule has 0 saturated heterocycles. The van der Waals surface area contributed by atoms with Crippen LogP contribution in [0.5, 0.6) is 0 Å². The van der Waals surface area contributed by atoms with Crippen LogP contribution < -0.4 is 10.7 Å². The average molecular weight is 390 g/mol. The third kappa shape index (κ3) is 4.33. The molecule has 9 heteroatoms. The van der Waals surface area contributed by atoms with E-state index < -0.39 is 11.3 Å². The lowest BCUT2D eigenvalue weighted by atomic mass is 10.1. The largest absolute Gasteiger partial charge is 0.295 e. The van der Waals surface area contributed by atoms with Crippen LogP contribution in [0.4, 0.5) is 5.13 Å². The van der Waals surface area contributed by atoms with Crippen LogP contribution in [-0.2, 0) is 6.42 Å². The van der Waals surface area contributed by atoms with E-state index in [1.807, 2.05) is 0 Å². The molecule has 3 rings (SSSR count). The first kappa shape index (κ1) is 18.2. The molecule has 3 aromatic rings. The van der Waals surface area contributed by atoms with Crippen molar-refractivity contribution >= 4 is 34.0 Å². The molecule has 1 N–H and O–H groups in total. The van der Waals surface area contributed by atoms with Gasteiger partial charge < -0.3 is 0 Å². The van der Waals surface area contributed by atoms with Crippen LogP contribution >= 0.6 is 22.9 Å². The van der Waals surface area contributed by atoms with E-state index in [9.17, 15) is 9.59 Å². The molecule has 0 aliphatic rings. The fraction of sp³-hybridized carbons (Fsp3) is 0.235. The second-order valence-electron chi connectivity index (χ2n) is 6.00. The number of nitrogens with zero attached hydrogens (tertiary/aromatic N) is 4. The molecule has 0 atom stereocenters. The van der Waals surface area contributed by atoms with E-state index >= 15 is 0 Å². The molecule has 0 spiro atoms. The Morgan fingerprint density at radius 1 is 1.23 bits per heavy atom. The van der Waals surface area contributed by atoms with Crippen LogP contribution in [0.3, 0.4) is 0 Å². The van der Waals surface area contributed by atoms with Gasteiger partial charge in [0.15, 0.2) is 5.69 Å².